The molecule has 0 radical (unpaired) electrons. The summed E-state index contributed by atoms with van der Waals surface area (Å²) >= 11 is 9.20. The van der Waals surface area contributed by atoms with Crippen LogP contribution in [0.4, 0.5) is 10.1 Å². The lowest BCUT2D eigenvalue weighted by molar-refractivity contribution is -0.142. The highest BCUT2D eigenvalue weighted by atomic mass is 79.9. The van der Waals surface area contributed by atoms with Crippen molar-refractivity contribution >= 4 is 66.2 Å². The Morgan fingerprint density at radius 3 is 2.61 bits per heavy atom. The highest BCUT2D eigenvalue weighted by Crippen LogP contribution is 2.27. The van der Waals surface area contributed by atoms with E-state index in [0.717, 1.165) is 7.11 Å². The van der Waals surface area contributed by atoms with Crippen LogP contribution in [0.1, 0.15) is 15.9 Å². The summed E-state index contributed by atoms with van der Waals surface area (Å²) in [6, 6.07) is 11.5. The van der Waals surface area contributed by atoms with E-state index in [2.05, 4.69) is 35.9 Å². The molecule has 9 nitrogen and oxygen atoms in total. The first-order valence-electron chi connectivity index (χ1n) is 10.9. The second kappa shape index (κ2) is 11.4. The van der Waals surface area contributed by atoms with Crippen molar-refractivity contribution in [3.63, 3.8) is 0 Å². The Bertz CT molecular complexity index is 1650. The van der Waals surface area contributed by atoms with Gasteiger partial charge in [-0.2, -0.15) is 0 Å². The van der Waals surface area contributed by atoms with Crippen LogP contribution >= 0.6 is 27.5 Å². The Hall–Kier alpha value is -3.61. The third kappa shape index (κ3) is 6.09. The number of halogens is 3. The monoisotopic (exact) mass is 620 g/mol. The van der Waals surface area contributed by atoms with Crippen molar-refractivity contribution in [2.24, 2.45) is 0 Å². The molecule has 1 heterocycles. The quantitative estimate of drug-likeness (QED) is 0.277. The summed E-state index contributed by atoms with van der Waals surface area (Å²) in [5, 5.41) is 2.72. The van der Waals surface area contributed by atoms with Gasteiger partial charge in [-0.15, -0.1) is 0 Å². The first kappa shape index (κ1) is 27.4. The number of para-hydroxylation sites is 1. The number of benzene rings is 3. The predicted octanol–water partition coefficient (Wildman–Crippen LogP) is 4.50. The molecular formula is C25H19BrClFN4O5S. The van der Waals surface area contributed by atoms with Crippen LogP contribution in [0.5, 0.6) is 0 Å². The van der Waals surface area contributed by atoms with Crippen molar-refractivity contribution in [3.05, 3.63) is 93.4 Å². The number of carbonyl (C=O) groups excluding carboxylic acids is 2. The fourth-order valence-corrected chi connectivity index (χ4v) is 5.49. The molecule has 0 bridgehead atoms. The smallest absolute Gasteiger partial charge is 0.328 e. The summed E-state index contributed by atoms with van der Waals surface area (Å²) < 4.78 is 47.7. The summed E-state index contributed by atoms with van der Waals surface area (Å²) in [5.41, 5.74) is 0.838. The number of nitrogens with one attached hydrogen (secondary N) is 2. The largest absolute Gasteiger partial charge is 0.467 e. The molecule has 1 amide bonds. The minimum Gasteiger partial charge on any atom is -0.467 e. The zero-order valence-electron chi connectivity index (χ0n) is 19.6. The van der Waals surface area contributed by atoms with Gasteiger partial charge in [0.2, 0.25) is 0 Å². The first-order valence-corrected chi connectivity index (χ1v) is 13.6. The molecule has 13 heteroatoms. The summed E-state index contributed by atoms with van der Waals surface area (Å²) in [4.78, 5) is 33.8. The minimum absolute atomic E-state index is 0.0133. The van der Waals surface area contributed by atoms with Gasteiger partial charge in [0.25, 0.3) is 15.9 Å². The lowest BCUT2D eigenvalue weighted by atomic mass is 10.0. The number of aromatic nitrogens is 2. The van der Waals surface area contributed by atoms with E-state index in [0.29, 0.717) is 11.1 Å². The van der Waals surface area contributed by atoms with Crippen molar-refractivity contribution in [1.82, 2.24) is 15.3 Å². The molecule has 4 rings (SSSR count). The molecule has 0 saturated heterocycles. The SMILES string of the molecule is COC(=O)C(Cc1ccc(F)c(Br)c1)NC(=O)c1ccc(Cl)cc1NS(=O)(=O)c1cccc2nccnc12. The van der Waals surface area contributed by atoms with Crippen LogP contribution in [-0.2, 0) is 26.0 Å². The average molecular weight is 622 g/mol. The minimum atomic E-state index is -4.24. The molecule has 0 aliphatic rings. The number of fused-ring (bicyclic) bond motifs is 1. The number of hydrogen-bond donors (Lipinski definition) is 2. The molecule has 38 heavy (non-hydrogen) atoms. The third-order valence-corrected chi connectivity index (χ3v) is 7.68. The molecule has 1 atom stereocenters. The summed E-state index contributed by atoms with van der Waals surface area (Å²) in [6.07, 6.45) is 2.79. The number of amides is 1. The highest BCUT2D eigenvalue weighted by Gasteiger charge is 2.26. The van der Waals surface area contributed by atoms with Crippen LogP contribution in [0, 0.1) is 5.82 Å². The Morgan fingerprint density at radius 1 is 1.11 bits per heavy atom. The average Bonchev–Trinajstić information content (AvgIpc) is 2.89. The molecule has 196 valence electrons. The summed E-state index contributed by atoms with van der Waals surface area (Å²) in [5.74, 6) is -2.00. The van der Waals surface area contributed by atoms with Crippen molar-refractivity contribution in [1.29, 1.82) is 0 Å². The Morgan fingerprint density at radius 2 is 1.87 bits per heavy atom. The number of methoxy groups -OCH3 is 1. The zero-order chi connectivity index (χ0) is 27.4. The van der Waals surface area contributed by atoms with E-state index in [1.165, 1.54) is 60.9 Å². The van der Waals surface area contributed by atoms with Gasteiger partial charge in [0.1, 0.15) is 22.3 Å². The van der Waals surface area contributed by atoms with Crippen LogP contribution in [0.3, 0.4) is 0 Å². The van der Waals surface area contributed by atoms with Crippen LogP contribution in [0.25, 0.3) is 11.0 Å². The molecule has 0 aliphatic heterocycles. The predicted molar refractivity (Wildman–Crippen MR) is 143 cm³/mol. The van der Waals surface area contributed by atoms with Gasteiger partial charge < -0.3 is 10.1 Å². The molecule has 4 aromatic rings. The van der Waals surface area contributed by atoms with Crippen LogP contribution in [0.2, 0.25) is 5.02 Å². The summed E-state index contributed by atoms with van der Waals surface area (Å²) in [6.45, 7) is 0. The number of ether oxygens (including phenoxy) is 1. The highest BCUT2D eigenvalue weighted by molar-refractivity contribution is 9.10. The molecule has 1 aromatic heterocycles. The van der Waals surface area contributed by atoms with Crippen LogP contribution in [0.15, 0.2) is 76.4 Å². The van der Waals surface area contributed by atoms with Gasteiger partial charge in [-0.05, 0) is 64.0 Å². The third-order valence-electron chi connectivity index (χ3n) is 5.44. The fraction of sp³-hybridized carbons (Fsp3) is 0.120. The molecular weight excluding hydrogens is 603 g/mol. The van der Waals surface area contributed by atoms with E-state index < -0.39 is 33.8 Å². The van der Waals surface area contributed by atoms with Gasteiger partial charge in [0.15, 0.2) is 0 Å². The number of hydrogen-bond acceptors (Lipinski definition) is 7. The first-order chi connectivity index (χ1) is 18.1. The number of anilines is 1. The fourth-order valence-electron chi connectivity index (χ4n) is 3.66. The maximum Gasteiger partial charge on any atom is 0.328 e. The Labute approximate surface area is 230 Å². The topological polar surface area (TPSA) is 127 Å². The lowest BCUT2D eigenvalue weighted by Gasteiger charge is -2.19. The van der Waals surface area contributed by atoms with Gasteiger partial charge in [0.05, 0.1) is 28.4 Å². The number of nitrogens with zero attached hydrogens (tertiary/aromatic N) is 2. The van der Waals surface area contributed by atoms with E-state index in [9.17, 15) is 22.4 Å². The van der Waals surface area contributed by atoms with Gasteiger partial charge in [-0.25, -0.2) is 17.6 Å². The van der Waals surface area contributed by atoms with Crippen LogP contribution < -0.4 is 10.0 Å². The second-order valence-electron chi connectivity index (χ2n) is 7.98. The Balaban J connectivity index is 1.65. The van der Waals surface area contributed by atoms with Gasteiger partial charge >= 0.3 is 5.97 Å². The second-order valence-corrected chi connectivity index (χ2v) is 10.9. The molecule has 1 unspecified atom stereocenters. The zero-order valence-corrected chi connectivity index (χ0v) is 22.8. The molecule has 0 saturated carbocycles. The van der Waals surface area contributed by atoms with E-state index in [-0.39, 0.29) is 37.6 Å². The van der Waals surface area contributed by atoms with E-state index in [1.807, 2.05) is 0 Å². The van der Waals surface area contributed by atoms with E-state index >= 15 is 0 Å². The van der Waals surface area contributed by atoms with E-state index in [1.54, 1.807) is 6.07 Å². The number of carbonyl (C=O) groups is 2. The van der Waals surface area contributed by atoms with Crippen LogP contribution in [-0.4, -0.2) is 43.4 Å². The van der Waals surface area contributed by atoms with E-state index in [4.69, 9.17) is 16.3 Å². The maximum absolute atomic E-state index is 13.6. The normalized spacial score (nSPS) is 12.1. The molecule has 2 N–H and O–H groups in total. The van der Waals surface area contributed by atoms with Crippen molar-refractivity contribution in [2.75, 3.05) is 11.8 Å². The molecule has 0 spiro atoms. The number of rotatable bonds is 8. The molecule has 3 aromatic carbocycles. The summed E-state index contributed by atoms with van der Waals surface area (Å²) in [7, 11) is -3.08. The Kier molecular flexibility index (Phi) is 8.24. The van der Waals surface area contributed by atoms with Crippen molar-refractivity contribution in [3.8, 4) is 0 Å². The van der Waals surface area contributed by atoms with Crippen molar-refractivity contribution < 1.29 is 27.1 Å². The standard InChI is InChI=1S/C25H19BrClFN4O5S/c1-37-25(34)21(12-14-5-8-18(28)17(26)11-14)31-24(33)16-7-6-15(27)13-20(16)32-38(35,36)22-4-2-3-19-23(22)30-10-9-29-19/h2-11,13,21,32H,12H2,1H3,(H,31,33). The molecule has 0 fully saturated rings. The van der Waals surface area contributed by atoms with Gasteiger partial charge in [-0.1, -0.05) is 23.7 Å². The number of esters is 1. The van der Waals surface area contributed by atoms with Gasteiger partial charge in [-0.3, -0.25) is 19.5 Å². The maximum atomic E-state index is 13.6. The van der Waals surface area contributed by atoms with Gasteiger partial charge in [0, 0.05) is 23.8 Å². The molecule has 0 aliphatic carbocycles. The lowest BCUT2D eigenvalue weighted by Crippen LogP contribution is -2.43. The van der Waals surface area contributed by atoms with Crippen molar-refractivity contribution in [2.45, 2.75) is 17.4 Å². The number of sulfonamides is 1.